The minimum absolute atomic E-state index is 0.176. The van der Waals surface area contributed by atoms with Gasteiger partial charge in [0.2, 0.25) is 0 Å². The summed E-state index contributed by atoms with van der Waals surface area (Å²) < 4.78 is 11.9. The molecular formula is C20H24ClNO3. The molecule has 0 saturated carbocycles. The highest BCUT2D eigenvalue weighted by atomic mass is 35.5. The van der Waals surface area contributed by atoms with Crippen LogP contribution in [-0.2, 0) is 11.8 Å². The van der Waals surface area contributed by atoms with E-state index in [0.29, 0.717) is 17.7 Å². The number of likely N-dealkylation sites (tertiary alicyclic amines) is 1. The largest absolute Gasteiger partial charge is 0.493 e. The Morgan fingerprint density at radius 1 is 1.44 bits per heavy atom. The van der Waals surface area contributed by atoms with Crippen molar-refractivity contribution >= 4 is 11.6 Å². The van der Waals surface area contributed by atoms with Crippen LogP contribution in [0.4, 0.5) is 0 Å². The number of rotatable bonds is 3. The van der Waals surface area contributed by atoms with Crippen LogP contribution in [0.1, 0.15) is 30.9 Å². The maximum absolute atomic E-state index is 10.7. The van der Waals surface area contributed by atoms with E-state index in [1.165, 1.54) is 11.1 Å². The summed E-state index contributed by atoms with van der Waals surface area (Å²) in [6.45, 7) is 4.39. The van der Waals surface area contributed by atoms with Crippen LogP contribution in [0.15, 0.2) is 18.2 Å². The van der Waals surface area contributed by atoms with Crippen molar-refractivity contribution in [2.24, 2.45) is 5.92 Å². The van der Waals surface area contributed by atoms with Gasteiger partial charge in [-0.1, -0.05) is 30.7 Å². The predicted octanol–water partition coefficient (Wildman–Crippen LogP) is 2.93. The zero-order valence-electron chi connectivity index (χ0n) is 14.7. The Morgan fingerprint density at radius 3 is 3.04 bits per heavy atom. The SMILES string of the molecule is CCCN1CCC23c4c5c(Cl)cc(OC)c4O[C@H]2[C@@H](O)C=C[C@H]3C1C5. The van der Waals surface area contributed by atoms with Gasteiger partial charge < -0.3 is 14.6 Å². The van der Waals surface area contributed by atoms with E-state index < -0.39 is 6.10 Å². The molecule has 1 fully saturated rings. The molecule has 0 amide bonds. The van der Waals surface area contributed by atoms with E-state index >= 15 is 0 Å². The summed E-state index contributed by atoms with van der Waals surface area (Å²) in [7, 11) is 1.65. The monoisotopic (exact) mass is 361 g/mol. The highest BCUT2D eigenvalue weighted by molar-refractivity contribution is 6.31. The van der Waals surface area contributed by atoms with Gasteiger partial charge >= 0.3 is 0 Å². The van der Waals surface area contributed by atoms with Gasteiger partial charge in [-0.2, -0.15) is 0 Å². The van der Waals surface area contributed by atoms with Gasteiger partial charge in [0.15, 0.2) is 11.5 Å². The average Bonchev–Trinajstić information content (AvgIpc) is 2.95. The Bertz CT molecular complexity index is 764. The van der Waals surface area contributed by atoms with Gasteiger partial charge in [0.1, 0.15) is 12.2 Å². The highest BCUT2D eigenvalue weighted by Crippen LogP contribution is 2.63. The minimum Gasteiger partial charge on any atom is -0.493 e. The zero-order valence-corrected chi connectivity index (χ0v) is 15.4. The molecule has 1 aromatic rings. The van der Waals surface area contributed by atoms with Crippen molar-refractivity contribution < 1.29 is 14.6 Å². The molecule has 2 aliphatic heterocycles. The van der Waals surface area contributed by atoms with Gasteiger partial charge in [0.05, 0.1) is 7.11 Å². The molecule has 1 saturated heterocycles. The van der Waals surface area contributed by atoms with Crippen molar-refractivity contribution in [3.63, 3.8) is 0 Å². The number of ether oxygens (including phenoxy) is 2. The second-order valence-electron chi connectivity index (χ2n) is 7.78. The lowest BCUT2D eigenvalue weighted by molar-refractivity contribution is -0.0515. The molecule has 2 unspecified atom stereocenters. The normalized spacial score (nSPS) is 37.6. The lowest BCUT2D eigenvalue weighted by atomic mass is 9.53. The number of hydrogen-bond acceptors (Lipinski definition) is 4. The summed E-state index contributed by atoms with van der Waals surface area (Å²) in [4.78, 5) is 2.61. The Kier molecular flexibility index (Phi) is 3.44. The first-order valence-corrected chi connectivity index (χ1v) is 9.66. The minimum atomic E-state index is -0.587. The molecule has 5 rings (SSSR count). The Hall–Kier alpha value is -1.23. The van der Waals surface area contributed by atoms with Crippen molar-refractivity contribution in [2.75, 3.05) is 20.2 Å². The van der Waals surface area contributed by atoms with Crippen molar-refractivity contribution in [2.45, 2.75) is 49.9 Å². The average molecular weight is 362 g/mol. The van der Waals surface area contributed by atoms with Crippen molar-refractivity contribution in [1.29, 1.82) is 0 Å². The van der Waals surface area contributed by atoms with Gasteiger partial charge in [-0.05, 0) is 37.9 Å². The first-order chi connectivity index (χ1) is 12.1. The maximum atomic E-state index is 10.7. The lowest BCUT2D eigenvalue weighted by Crippen LogP contribution is -2.65. The van der Waals surface area contributed by atoms with Crippen LogP contribution in [0.2, 0.25) is 5.02 Å². The molecule has 0 radical (unpaired) electrons. The molecule has 1 spiro atoms. The topological polar surface area (TPSA) is 41.9 Å². The van der Waals surface area contributed by atoms with Crippen LogP contribution in [0, 0.1) is 5.92 Å². The van der Waals surface area contributed by atoms with E-state index in [2.05, 4.69) is 17.9 Å². The molecule has 5 heteroatoms. The van der Waals surface area contributed by atoms with Crippen LogP contribution >= 0.6 is 11.6 Å². The fourth-order valence-electron chi connectivity index (χ4n) is 5.88. The van der Waals surface area contributed by atoms with Crippen LogP contribution in [-0.4, -0.2) is 48.5 Å². The molecular weight excluding hydrogens is 338 g/mol. The number of aliphatic hydroxyl groups excluding tert-OH is 1. The molecule has 1 N–H and O–H groups in total. The van der Waals surface area contributed by atoms with Crippen LogP contribution in [0.3, 0.4) is 0 Å². The van der Waals surface area contributed by atoms with Crippen LogP contribution in [0.25, 0.3) is 0 Å². The molecule has 2 bridgehead atoms. The quantitative estimate of drug-likeness (QED) is 0.840. The molecule has 4 aliphatic rings. The molecule has 134 valence electrons. The van der Waals surface area contributed by atoms with Crippen molar-refractivity contribution in [1.82, 2.24) is 4.90 Å². The second kappa shape index (κ2) is 5.38. The molecule has 4 nitrogen and oxygen atoms in total. The summed E-state index contributed by atoms with van der Waals surface area (Å²) in [6.07, 6.45) is 6.42. The third-order valence-electron chi connectivity index (χ3n) is 6.78. The number of benzene rings is 1. The lowest BCUT2D eigenvalue weighted by Gasteiger charge is -2.57. The van der Waals surface area contributed by atoms with Gasteiger partial charge in [-0.25, -0.2) is 0 Å². The number of piperidine rings is 1. The van der Waals surface area contributed by atoms with Crippen LogP contribution < -0.4 is 9.47 Å². The standard InChI is InChI=1S/C20H24ClNO3/c1-3-7-22-8-6-20-12-4-5-15(23)19(20)25-18-16(24-2)10-13(21)11(17(18)20)9-14(12)22/h4-5,10,12,14-15,19,23H,3,6-9H2,1-2H3/t12-,14?,15-,19-,20?/m0/s1. The smallest absolute Gasteiger partial charge is 0.166 e. The highest BCUT2D eigenvalue weighted by Gasteiger charge is 2.64. The Balaban J connectivity index is 1.77. The molecule has 0 aromatic heterocycles. The molecule has 25 heavy (non-hydrogen) atoms. The summed E-state index contributed by atoms with van der Waals surface area (Å²) in [5, 5.41) is 11.5. The number of nitrogens with zero attached hydrogens (tertiary/aromatic N) is 1. The summed E-state index contributed by atoms with van der Waals surface area (Å²) in [6, 6.07) is 2.30. The zero-order chi connectivity index (χ0) is 17.3. The molecule has 2 heterocycles. The second-order valence-corrected chi connectivity index (χ2v) is 8.19. The van der Waals surface area contributed by atoms with E-state index in [1.54, 1.807) is 7.11 Å². The number of aliphatic hydroxyl groups is 1. The van der Waals surface area contributed by atoms with E-state index in [1.807, 2.05) is 12.1 Å². The van der Waals surface area contributed by atoms with E-state index in [-0.39, 0.29) is 11.5 Å². The van der Waals surface area contributed by atoms with Gasteiger partial charge in [-0.3, -0.25) is 4.90 Å². The third-order valence-corrected chi connectivity index (χ3v) is 7.11. The van der Waals surface area contributed by atoms with Gasteiger partial charge in [-0.15, -0.1) is 0 Å². The maximum Gasteiger partial charge on any atom is 0.166 e. The van der Waals surface area contributed by atoms with E-state index in [4.69, 9.17) is 21.1 Å². The molecule has 5 atom stereocenters. The summed E-state index contributed by atoms with van der Waals surface area (Å²) in [5.74, 6) is 1.85. The summed E-state index contributed by atoms with van der Waals surface area (Å²) >= 11 is 6.68. The summed E-state index contributed by atoms with van der Waals surface area (Å²) in [5.41, 5.74) is 2.23. The van der Waals surface area contributed by atoms with E-state index in [0.717, 1.165) is 43.1 Å². The number of hydrogen-bond donors (Lipinski definition) is 1. The first kappa shape index (κ1) is 16.0. The van der Waals surface area contributed by atoms with Crippen molar-refractivity contribution in [3.8, 4) is 11.5 Å². The third kappa shape index (κ3) is 1.85. The Labute approximate surface area is 153 Å². The van der Waals surface area contributed by atoms with Crippen LogP contribution in [0.5, 0.6) is 11.5 Å². The number of methoxy groups -OCH3 is 1. The molecule has 2 aliphatic carbocycles. The predicted molar refractivity (Wildman–Crippen MR) is 96.7 cm³/mol. The Morgan fingerprint density at radius 2 is 2.28 bits per heavy atom. The number of halogens is 1. The van der Waals surface area contributed by atoms with E-state index in [9.17, 15) is 5.11 Å². The first-order valence-electron chi connectivity index (χ1n) is 9.28. The fraction of sp³-hybridized carbons (Fsp3) is 0.600. The van der Waals surface area contributed by atoms with Crippen molar-refractivity contribution in [3.05, 3.63) is 34.4 Å². The van der Waals surface area contributed by atoms with Gasteiger partial charge in [0, 0.05) is 34.0 Å². The van der Waals surface area contributed by atoms with Gasteiger partial charge in [0.25, 0.3) is 0 Å². The fourth-order valence-corrected chi connectivity index (χ4v) is 6.15. The molecule has 1 aromatic carbocycles.